The second-order valence-electron chi connectivity index (χ2n) is 4.52. The number of rotatable bonds is 6. The summed E-state index contributed by atoms with van der Waals surface area (Å²) >= 11 is 0. The van der Waals surface area contributed by atoms with Crippen molar-refractivity contribution in [1.82, 2.24) is 10.2 Å². The van der Waals surface area contributed by atoms with E-state index in [0.717, 1.165) is 5.75 Å². The molecule has 0 saturated heterocycles. The number of anilines is 1. The predicted octanol–water partition coefficient (Wildman–Crippen LogP) is 3.40. The fourth-order valence-corrected chi connectivity index (χ4v) is 1.86. The molecular weight excluding hydrogens is 285 g/mol. The van der Waals surface area contributed by atoms with Crippen LogP contribution in [0.3, 0.4) is 0 Å². The van der Waals surface area contributed by atoms with E-state index >= 15 is 0 Å². The van der Waals surface area contributed by atoms with Crippen LogP contribution in [-0.2, 0) is 13.2 Å². The molecule has 0 bridgehead atoms. The van der Waals surface area contributed by atoms with Crippen molar-refractivity contribution < 1.29 is 13.5 Å². The summed E-state index contributed by atoms with van der Waals surface area (Å²) in [5.41, 5.74) is 0.391. The molecule has 1 aromatic heterocycles. The molecule has 1 N–H and O–H groups in total. The zero-order valence-corrected chi connectivity index (χ0v) is 11.7. The lowest BCUT2D eigenvalue weighted by Gasteiger charge is -2.04. The van der Waals surface area contributed by atoms with E-state index in [1.165, 1.54) is 6.07 Å². The summed E-state index contributed by atoms with van der Waals surface area (Å²) < 4.78 is 24.4. The highest BCUT2D eigenvalue weighted by atomic mass is 19.1. The van der Waals surface area contributed by atoms with Crippen LogP contribution in [0.25, 0.3) is 0 Å². The molecule has 112 valence electrons. The molecule has 2 aromatic carbocycles. The normalized spacial score (nSPS) is 10.4. The molecule has 0 unspecified atom stereocenters. The van der Waals surface area contributed by atoms with E-state index in [2.05, 4.69) is 15.5 Å². The van der Waals surface area contributed by atoms with Crippen molar-refractivity contribution in [3.8, 4) is 5.75 Å². The van der Waals surface area contributed by atoms with Gasteiger partial charge in [0.05, 0.1) is 12.2 Å². The first-order chi connectivity index (χ1) is 10.8. The molecule has 6 heteroatoms. The van der Waals surface area contributed by atoms with Gasteiger partial charge in [-0.3, -0.25) is 0 Å². The van der Waals surface area contributed by atoms with E-state index in [9.17, 15) is 4.39 Å². The molecule has 0 radical (unpaired) electrons. The number of aromatic nitrogens is 2. The molecule has 22 heavy (non-hydrogen) atoms. The Morgan fingerprint density at radius 2 is 1.68 bits per heavy atom. The highest BCUT2D eigenvalue weighted by Gasteiger charge is 2.08. The molecule has 0 atom stereocenters. The maximum Gasteiger partial charge on any atom is 0.253 e. The van der Waals surface area contributed by atoms with Gasteiger partial charge in [-0.1, -0.05) is 30.3 Å². The first-order valence-corrected chi connectivity index (χ1v) is 6.79. The molecular formula is C16H14FN3O2. The second kappa shape index (κ2) is 6.71. The lowest BCUT2D eigenvalue weighted by atomic mass is 10.3. The molecule has 0 fully saturated rings. The summed E-state index contributed by atoms with van der Waals surface area (Å²) in [7, 11) is 0. The van der Waals surface area contributed by atoms with Crippen molar-refractivity contribution in [2.45, 2.75) is 13.2 Å². The van der Waals surface area contributed by atoms with Crippen LogP contribution in [0, 0.1) is 5.82 Å². The largest absolute Gasteiger partial charge is 0.484 e. The third kappa shape index (κ3) is 3.60. The first-order valence-electron chi connectivity index (χ1n) is 6.79. The Labute approximate surface area is 126 Å². The van der Waals surface area contributed by atoms with Crippen LogP contribution in [0.1, 0.15) is 11.8 Å². The van der Waals surface area contributed by atoms with E-state index in [1.54, 1.807) is 18.2 Å². The SMILES string of the molecule is Fc1ccccc1NCc1nnc(COc2ccccc2)o1. The van der Waals surface area contributed by atoms with Crippen LogP contribution >= 0.6 is 0 Å². The van der Waals surface area contributed by atoms with E-state index in [-0.39, 0.29) is 19.0 Å². The summed E-state index contributed by atoms with van der Waals surface area (Å²) in [5, 5.41) is 10.7. The third-order valence-electron chi connectivity index (χ3n) is 2.92. The average molecular weight is 299 g/mol. The number of hydrogen-bond acceptors (Lipinski definition) is 5. The molecule has 0 aliphatic heterocycles. The van der Waals surface area contributed by atoms with Crippen LogP contribution in [0.15, 0.2) is 59.0 Å². The van der Waals surface area contributed by atoms with E-state index in [1.807, 2.05) is 30.3 Å². The summed E-state index contributed by atoms with van der Waals surface area (Å²) in [5.74, 6) is 1.14. The Morgan fingerprint density at radius 3 is 2.50 bits per heavy atom. The molecule has 0 amide bonds. The van der Waals surface area contributed by atoms with Gasteiger partial charge in [0.1, 0.15) is 11.6 Å². The van der Waals surface area contributed by atoms with Crippen molar-refractivity contribution >= 4 is 5.69 Å². The van der Waals surface area contributed by atoms with Crippen LogP contribution in [-0.4, -0.2) is 10.2 Å². The summed E-state index contributed by atoms with van der Waals surface area (Å²) in [6.45, 7) is 0.440. The van der Waals surface area contributed by atoms with Crippen LogP contribution in [0.5, 0.6) is 5.75 Å². The molecule has 0 aliphatic carbocycles. The van der Waals surface area contributed by atoms with Gasteiger partial charge in [0.25, 0.3) is 5.89 Å². The Kier molecular flexibility index (Phi) is 4.29. The standard InChI is InChI=1S/C16H14FN3O2/c17-13-8-4-5-9-14(13)18-10-15-19-20-16(22-15)11-21-12-6-2-1-3-7-12/h1-9,18H,10-11H2. The predicted molar refractivity (Wildman–Crippen MR) is 78.8 cm³/mol. The van der Waals surface area contributed by atoms with Gasteiger partial charge in [-0.15, -0.1) is 10.2 Å². The number of hydrogen-bond donors (Lipinski definition) is 1. The topological polar surface area (TPSA) is 60.2 Å². The van der Waals surface area contributed by atoms with Gasteiger partial charge in [-0.05, 0) is 24.3 Å². The lowest BCUT2D eigenvalue weighted by molar-refractivity contribution is 0.259. The molecule has 0 spiro atoms. The Bertz CT molecular complexity index is 731. The number of ether oxygens (including phenoxy) is 1. The van der Waals surface area contributed by atoms with Crippen molar-refractivity contribution in [3.05, 3.63) is 72.2 Å². The van der Waals surface area contributed by atoms with Crippen molar-refractivity contribution in [2.24, 2.45) is 0 Å². The van der Waals surface area contributed by atoms with Gasteiger partial charge in [0, 0.05) is 0 Å². The lowest BCUT2D eigenvalue weighted by Crippen LogP contribution is -2.01. The fourth-order valence-electron chi connectivity index (χ4n) is 1.86. The molecule has 5 nitrogen and oxygen atoms in total. The van der Waals surface area contributed by atoms with Crippen LogP contribution in [0.2, 0.25) is 0 Å². The minimum Gasteiger partial charge on any atom is -0.484 e. The summed E-state index contributed by atoms with van der Waals surface area (Å²) in [6, 6.07) is 15.8. The zero-order valence-electron chi connectivity index (χ0n) is 11.7. The van der Waals surface area contributed by atoms with Crippen molar-refractivity contribution in [2.75, 3.05) is 5.32 Å². The van der Waals surface area contributed by atoms with Gasteiger partial charge in [-0.2, -0.15) is 0 Å². The summed E-state index contributed by atoms with van der Waals surface area (Å²) in [6.07, 6.45) is 0. The fraction of sp³-hybridized carbons (Fsp3) is 0.125. The molecule has 3 rings (SSSR count). The van der Waals surface area contributed by atoms with Crippen LogP contribution in [0.4, 0.5) is 10.1 Å². The van der Waals surface area contributed by atoms with Gasteiger partial charge in [0.15, 0.2) is 6.61 Å². The number of benzene rings is 2. The molecule has 3 aromatic rings. The number of nitrogens with zero attached hydrogens (tertiary/aromatic N) is 2. The molecule has 0 saturated carbocycles. The maximum atomic E-state index is 13.5. The number of para-hydroxylation sites is 2. The van der Waals surface area contributed by atoms with Crippen molar-refractivity contribution in [1.29, 1.82) is 0 Å². The minimum atomic E-state index is -0.324. The second-order valence-corrected chi connectivity index (χ2v) is 4.52. The molecule has 0 aliphatic rings. The Hall–Kier alpha value is -2.89. The monoisotopic (exact) mass is 299 g/mol. The first kappa shape index (κ1) is 14.1. The van der Waals surface area contributed by atoms with Crippen molar-refractivity contribution in [3.63, 3.8) is 0 Å². The highest BCUT2D eigenvalue weighted by molar-refractivity contribution is 5.44. The quantitative estimate of drug-likeness (QED) is 0.756. The molecule has 1 heterocycles. The third-order valence-corrected chi connectivity index (χ3v) is 2.92. The summed E-state index contributed by atoms with van der Waals surface area (Å²) in [4.78, 5) is 0. The average Bonchev–Trinajstić information content (AvgIpc) is 3.01. The Balaban J connectivity index is 1.54. The van der Waals surface area contributed by atoms with E-state index < -0.39 is 0 Å². The smallest absolute Gasteiger partial charge is 0.253 e. The minimum absolute atomic E-state index is 0.191. The van der Waals surface area contributed by atoms with E-state index in [0.29, 0.717) is 17.5 Å². The van der Waals surface area contributed by atoms with Gasteiger partial charge < -0.3 is 14.5 Å². The van der Waals surface area contributed by atoms with Crippen LogP contribution < -0.4 is 10.1 Å². The van der Waals surface area contributed by atoms with Gasteiger partial charge in [0.2, 0.25) is 5.89 Å². The number of halogens is 1. The van der Waals surface area contributed by atoms with Gasteiger partial charge in [-0.25, -0.2) is 4.39 Å². The van der Waals surface area contributed by atoms with E-state index in [4.69, 9.17) is 9.15 Å². The Morgan fingerprint density at radius 1 is 0.955 bits per heavy atom. The zero-order chi connectivity index (χ0) is 15.2. The maximum absolute atomic E-state index is 13.5. The highest BCUT2D eigenvalue weighted by Crippen LogP contribution is 2.14. The number of nitrogens with one attached hydrogen (secondary N) is 1. The van der Waals surface area contributed by atoms with Gasteiger partial charge >= 0.3 is 0 Å².